The molecule has 0 aromatic carbocycles. The highest BCUT2D eigenvalue weighted by Gasteiger charge is 2.33. The first-order chi connectivity index (χ1) is 7.50. The van der Waals surface area contributed by atoms with Crippen LogP contribution in [0.3, 0.4) is 0 Å². The number of carboxylic acids is 1. The molecule has 1 amide bonds. The zero-order valence-electron chi connectivity index (χ0n) is 8.55. The molecule has 86 valence electrons. The number of hydrogen-bond donors (Lipinski definition) is 1. The molecular formula is C9H10BrN3O3. The Balaban J connectivity index is 2.43. The summed E-state index contributed by atoms with van der Waals surface area (Å²) in [6.07, 6.45) is 1.64. The molecule has 0 saturated carbocycles. The summed E-state index contributed by atoms with van der Waals surface area (Å²) in [5.74, 6) is -0.818. The Morgan fingerprint density at radius 3 is 2.88 bits per heavy atom. The van der Waals surface area contributed by atoms with Gasteiger partial charge in [0.15, 0.2) is 0 Å². The van der Waals surface area contributed by atoms with E-state index in [-0.39, 0.29) is 16.3 Å². The fourth-order valence-corrected chi connectivity index (χ4v) is 2.34. The van der Waals surface area contributed by atoms with Crippen LogP contribution in [0.1, 0.15) is 16.8 Å². The topological polar surface area (TPSA) is 75.4 Å². The van der Waals surface area contributed by atoms with Crippen molar-refractivity contribution in [2.45, 2.75) is 11.2 Å². The predicted molar refractivity (Wildman–Crippen MR) is 59.9 cm³/mol. The van der Waals surface area contributed by atoms with Gasteiger partial charge in [-0.2, -0.15) is 5.10 Å². The van der Waals surface area contributed by atoms with E-state index in [2.05, 4.69) is 21.0 Å². The van der Waals surface area contributed by atoms with Gasteiger partial charge in [0.25, 0.3) is 0 Å². The van der Waals surface area contributed by atoms with Gasteiger partial charge in [-0.1, -0.05) is 15.9 Å². The van der Waals surface area contributed by atoms with E-state index < -0.39 is 5.97 Å². The van der Waals surface area contributed by atoms with Crippen molar-refractivity contribution < 1.29 is 14.7 Å². The van der Waals surface area contributed by atoms with E-state index >= 15 is 0 Å². The number of hydrogen-bond acceptors (Lipinski definition) is 3. The highest BCUT2D eigenvalue weighted by molar-refractivity contribution is 9.09. The standard InChI is InChI=1S/C9H10BrN3O3/c1-12-8(6(3-11-12)9(15)16)13-4-5(10)2-7(13)14/h3,5H,2,4H2,1H3,(H,15,16). The van der Waals surface area contributed by atoms with E-state index in [1.54, 1.807) is 7.05 Å². The Morgan fingerprint density at radius 1 is 1.69 bits per heavy atom. The molecule has 0 spiro atoms. The molecule has 1 atom stereocenters. The summed E-state index contributed by atoms with van der Waals surface area (Å²) in [4.78, 5) is 24.2. The number of rotatable bonds is 2. The Labute approximate surface area is 100.0 Å². The smallest absolute Gasteiger partial charge is 0.341 e. The minimum absolute atomic E-state index is 0.0532. The second-order valence-electron chi connectivity index (χ2n) is 3.62. The zero-order valence-corrected chi connectivity index (χ0v) is 10.1. The van der Waals surface area contributed by atoms with E-state index in [0.29, 0.717) is 18.8 Å². The van der Waals surface area contributed by atoms with E-state index in [9.17, 15) is 9.59 Å². The highest BCUT2D eigenvalue weighted by atomic mass is 79.9. The molecule has 2 rings (SSSR count). The van der Waals surface area contributed by atoms with Gasteiger partial charge >= 0.3 is 5.97 Å². The van der Waals surface area contributed by atoms with Crippen molar-refractivity contribution in [1.82, 2.24) is 9.78 Å². The van der Waals surface area contributed by atoms with Gasteiger partial charge in [-0.25, -0.2) is 4.79 Å². The lowest BCUT2D eigenvalue weighted by atomic mass is 10.3. The van der Waals surface area contributed by atoms with Crippen molar-refractivity contribution in [2.24, 2.45) is 7.05 Å². The highest BCUT2D eigenvalue weighted by Crippen LogP contribution is 2.27. The lowest BCUT2D eigenvalue weighted by Gasteiger charge is -2.16. The van der Waals surface area contributed by atoms with Crippen LogP contribution in [0.25, 0.3) is 0 Å². The Bertz CT molecular complexity index is 457. The molecule has 1 fully saturated rings. The van der Waals surface area contributed by atoms with Crippen LogP contribution in [-0.2, 0) is 11.8 Å². The minimum Gasteiger partial charge on any atom is -0.477 e. The molecule has 1 saturated heterocycles. The van der Waals surface area contributed by atoms with Crippen LogP contribution in [-0.4, -0.2) is 38.1 Å². The van der Waals surface area contributed by atoms with Gasteiger partial charge in [0.1, 0.15) is 11.4 Å². The average molecular weight is 288 g/mol. The van der Waals surface area contributed by atoms with Gasteiger partial charge in [-0.3, -0.25) is 14.4 Å². The molecule has 2 heterocycles. The fraction of sp³-hybridized carbons (Fsp3) is 0.444. The van der Waals surface area contributed by atoms with Gasteiger partial charge in [0.2, 0.25) is 5.91 Å². The third-order valence-electron chi connectivity index (χ3n) is 2.47. The van der Waals surface area contributed by atoms with Crippen molar-refractivity contribution in [2.75, 3.05) is 11.4 Å². The Morgan fingerprint density at radius 2 is 2.38 bits per heavy atom. The van der Waals surface area contributed by atoms with Crippen LogP contribution in [0.15, 0.2) is 6.20 Å². The fourth-order valence-electron chi connectivity index (χ4n) is 1.77. The number of alkyl halides is 1. The minimum atomic E-state index is -1.08. The van der Waals surface area contributed by atoms with Crippen molar-refractivity contribution >= 4 is 33.6 Å². The number of carbonyl (C=O) groups is 2. The average Bonchev–Trinajstić information content (AvgIpc) is 2.69. The number of aryl methyl sites for hydroxylation is 1. The van der Waals surface area contributed by atoms with Crippen molar-refractivity contribution in [1.29, 1.82) is 0 Å². The lowest BCUT2D eigenvalue weighted by molar-refractivity contribution is -0.117. The zero-order chi connectivity index (χ0) is 11.9. The molecular weight excluding hydrogens is 278 g/mol. The SMILES string of the molecule is Cn1ncc(C(=O)O)c1N1CC(Br)CC1=O. The molecule has 1 aliphatic heterocycles. The molecule has 0 aliphatic carbocycles. The predicted octanol–water partition coefficient (Wildman–Crippen LogP) is 0.619. The number of aromatic carboxylic acids is 1. The Kier molecular flexibility index (Phi) is 2.71. The van der Waals surface area contributed by atoms with Crippen LogP contribution in [0.4, 0.5) is 5.82 Å². The molecule has 0 radical (unpaired) electrons. The molecule has 16 heavy (non-hydrogen) atoms. The van der Waals surface area contributed by atoms with Crippen LogP contribution in [0.5, 0.6) is 0 Å². The molecule has 1 N–H and O–H groups in total. The summed E-state index contributed by atoms with van der Waals surface area (Å²) < 4.78 is 1.41. The summed E-state index contributed by atoms with van der Waals surface area (Å²) in [7, 11) is 1.62. The third-order valence-corrected chi connectivity index (χ3v) is 3.08. The van der Waals surface area contributed by atoms with Gasteiger partial charge in [0.05, 0.1) is 6.20 Å². The van der Waals surface area contributed by atoms with Crippen LogP contribution in [0.2, 0.25) is 0 Å². The molecule has 0 bridgehead atoms. The first-order valence-electron chi connectivity index (χ1n) is 4.70. The summed E-state index contributed by atoms with van der Waals surface area (Å²) in [6.45, 7) is 0.471. The normalized spacial score (nSPS) is 20.5. The van der Waals surface area contributed by atoms with E-state index in [0.717, 1.165) is 0 Å². The molecule has 7 heteroatoms. The first kappa shape index (κ1) is 11.1. The summed E-state index contributed by atoms with van der Waals surface area (Å²) in [6, 6.07) is 0. The first-order valence-corrected chi connectivity index (χ1v) is 5.62. The molecule has 1 unspecified atom stereocenters. The molecule has 1 aromatic heterocycles. The van der Waals surface area contributed by atoms with Crippen molar-refractivity contribution in [3.05, 3.63) is 11.8 Å². The molecule has 6 nitrogen and oxygen atoms in total. The number of carboxylic acid groups (broad SMARTS) is 1. The van der Waals surface area contributed by atoms with Crippen LogP contribution < -0.4 is 4.90 Å². The lowest BCUT2D eigenvalue weighted by Crippen LogP contribution is -2.28. The number of halogens is 1. The summed E-state index contributed by atoms with van der Waals surface area (Å²) >= 11 is 3.35. The van der Waals surface area contributed by atoms with E-state index in [1.165, 1.54) is 15.8 Å². The second kappa shape index (κ2) is 3.89. The number of anilines is 1. The maximum absolute atomic E-state index is 11.7. The third kappa shape index (κ3) is 1.71. The maximum Gasteiger partial charge on any atom is 0.341 e. The second-order valence-corrected chi connectivity index (χ2v) is 4.91. The number of carbonyl (C=O) groups excluding carboxylic acids is 1. The van der Waals surface area contributed by atoms with Gasteiger partial charge in [-0.05, 0) is 0 Å². The van der Waals surface area contributed by atoms with Crippen molar-refractivity contribution in [3.63, 3.8) is 0 Å². The summed E-state index contributed by atoms with van der Waals surface area (Å²) in [5, 5.41) is 12.9. The van der Waals surface area contributed by atoms with Crippen molar-refractivity contribution in [3.8, 4) is 0 Å². The largest absolute Gasteiger partial charge is 0.477 e. The summed E-state index contributed by atoms with van der Waals surface area (Å²) in [5.41, 5.74) is 0.0532. The van der Waals surface area contributed by atoms with E-state index in [4.69, 9.17) is 5.11 Å². The van der Waals surface area contributed by atoms with Gasteiger partial charge in [-0.15, -0.1) is 0 Å². The molecule has 1 aromatic rings. The Hall–Kier alpha value is -1.37. The quantitative estimate of drug-likeness (QED) is 0.809. The van der Waals surface area contributed by atoms with Gasteiger partial charge < -0.3 is 5.11 Å². The van der Waals surface area contributed by atoms with Crippen LogP contribution >= 0.6 is 15.9 Å². The van der Waals surface area contributed by atoms with Crippen LogP contribution in [0, 0.1) is 0 Å². The molecule has 1 aliphatic rings. The van der Waals surface area contributed by atoms with Gasteiger partial charge in [0, 0.05) is 24.8 Å². The van der Waals surface area contributed by atoms with E-state index in [1.807, 2.05) is 0 Å². The maximum atomic E-state index is 11.7. The number of amides is 1. The monoisotopic (exact) mass is 287 g/mol. The number of nitrogens with zero attached hydrogens (tertiary/aromatic N) is 3. The number of aromatic nitrogens is 2.